The number of methoxy groups -OCH3 is 1. The van der Waals surface area contributed by atoms with Crippen LogP contribution in [0.4, 0.5) is 0 Å². The van der Waals surface area contributed by atoms with E-state index in [0.717, 1.165) is 98.6 Å². The van der Waals surface area contributed by atoms with Gasteiger partial charge in [0.25, 0.3) is 0 Å². The molecule has 9 heteroatoms. The number of hydrogen-bond acceptors (Lipinski definition) is 6. The van der Waals surface area contributed by atoms with Crippen LogP contribution in [0.5, 0.6) is 5.75 Å². The molecule has 1 spiro atoms. The number of benzene rings is 1. The van der Waals surface area contributed by atoms with Crippen LogP contribution in [0.2, 0.25) is 0 Å². The number of amides is 1. The van der Waals surface area contributed by atoms with Crippen LogP contribution in [0.3, 0.4) is 0 Å². The number of Topliss-reactive ketones (excluding diaryl/α,β-unsaturated/α-hetero) is 1. The summed E-state index contributed by atoms with van der Waals surface area (Å²) in [7, 11) is 1.67. The SMILES string of the molecule is CCC(=O)CCCCC[C@@H]1NC(=O)[C@H]2CC23CCN(CCCCCCCCn2ccc4cc(c(OC)cc4c2=O)[C]2=CN=[C]1[Sn]2)CC3. The van der Waals surface area contributed by atoms with Crippen molar-refractivity contribution in [2.24, 2.45) is 16.3 Å². The van der Waals surface area contributed by atoms with Crippen LogP contribution < -0.4 is 15.6 Å². The third kappa shape index (κ3) is 8.23. The summed E-state index contributed by atoms with van der Waals surface area (Å²) in [6.07, 6.45) is 19.3. The van der Waals surface area contributed by atoms with Crippen LogP contribution in [0.15, 0.2) is 40.4 Å². The minimum absolute atomic E-state index is 0.0420. The quantitative estimate of drug-likeness (QED) is 0.253. The molecule has 8 nitrogen and oxygen atoms in total. The van der Waals surface area contributed by atoms with E-state index in [1.807, 2.05) is 30.0 Å². The summed E-state index contributed by atoms with van der Waals surface area (Å²) in [5.74, 6) is 1.37. The Bertz CT molecular complexity index is 1570. The van der Waals surface area contributed by atoms with E-state index in [4.69, 9.17) is 9.73 Å². The Morgan fingerprint density at radius 3 is 2.55 bits per heavy atom. The molecule has 8 aliphatic heterocycles. The van der Waals surface area contributed by atoms with Crippen molar-refractivity contribution >= 4 is 50.9 Å². The molecular weight excluding hydrogens is 695 g/mol. The van der Waals surface area contributed by atoms with Gasteiger partial charge in [-0.1, -0.05) is 0 Å². The number of aliphatic imine (C=N–C) groups is 1. The Morgan fingerprint density at radius 2 is 1.79 bits per heavy atom. The van der Waals surface area contributed by atoms with Gasteiger partial charge in [-0.2, -0.15) is 0 Å². The number of carbonyl (C=O) groups is 2. The molecule has 2 aromatic rings. The Labute approximate surface area is 290 Å². The number of nitrogens with one attached hydrogen (secondary N) is 1. The van der Waals surface area contributed by atoms with Crippen LogP contribution in [0.25, 0.3) is 14.4 Å². The van der Waals surface area contributed by atoms with E-state index in [2.05, 4.69) is 22.3 Å². The number of nitrogens with zero attached hydrogens (tertiary/aromatic N) is 3. The molecule has 11 rings (SSSR count). The zero-order valence-electron chi connectivity index (χ0n) is 28.5. The van der Waals surface area contributed by atoms with E-state index in [1.54, 1.807) is 7.11 Å². The normalized spacial score (nSPS) is 26.8. The molecule has 0 unspecified atom stereocenters. The van der Waals surface area contributed by atoms with Gasteiger partial charge in [-0.25, -0.2) is 0 Å². The minimum atomic E-state index is -1.33. The molecular formula is C38H52N4O4Sn. The van der Waals surface area contributed by atoms with Gasteiger partial charge in [-0.15, -0.1) is 0 Å². The molecule has 252 valence electrons. The van der Waals surface area contributed by atoms with Crippen LogP contribution in [-0.4, -0.2) is 78.8 Å². The Balaban J connectivity index is 1.22. The van der Waals surface area contributed by atoms with Crippen molar-refractivity contribution in [1.29, 1.82) is 0 Å². The molecule has 2 fully saturated rings. The Kier molecular flexibility index (Phi) is 11.6. The third-order valence-corrected chi connectivity index (χ3v) is 15.2. The molecule has 47 heavy (non-hydrogen) atoms. The molecule has 1 saturated carbocycles. The topological polar surface area (TPSA) is 93.0 Å². The first kappa shape index (κ1) is 34.4. The third-order valence-electron chi connectivity index (χ3n) is 11.2. The average Bonchev–Trinajstić information content (AvgIpc) is 3.56. The summed E-state index contributed by atoms with van der Waals surface area (Å²) in [4.78, 5) is 46.7. The fraction of sp³-hybridized carbons (Fsp3) is 0.632. The summed E-state index contributed by atoms with van der Waals surface area (Å²) >= 11 is -1.33. The van der Waals surface area contributed by atoms with Crippen molar-refractivity contribution in [3.8, 4) is 5.75 Å². The van der Waals surface area contributed by atoms with E-state index in [0.29, 0.717) is 29.8 Å². The van der Waals surface area contributed by atoms with Gasteiger partial charge in [0.2, 0.25) is 0 Å². The number of hydrogen-bond donors (Lipinski definition) is 1. The second-order valence-electron chi connectivity index (χ2n) is 14.3. The molecule has 8 bridgehead atoms. The fourth-order valence-corrected chi connectivity index (χ4v) is 11.5. The number of ether oxygens (including phenoxy) is 1. The first-order valence-corrected chi connectivity index (χ1v) is 21.1. The molecule has 1 N–H and O–H groups in total. The standard InChI is InChI=1S/C38H52N4O4.Sn/c1-3-32(43)14-10-8-9-13-31-28-39-19-15-30-25-29-16-22-42(37(45)33(29)26-35(30)46-2)21-12-7-5-4-6-11-20-41-23-17-38(18-24-41)27-34(38)36(44)40-31;/h16,19,22,25-26,31,34H,3-14,17-18,20-21,23-24,27H2,1-2H3,(H,40,44);/t31-,34+;/m0./s1. The van der Waals surface area contributed by atoms with Crippen molar-refractivity contribution in [3.05, 3.63) is 46.5 Å². The van der Waals surface area contributed by atoms with Gasteiger partial charge in [0.1, 0.15) is 0 Å². The summed E-state index contributed by atoms with van der Waals surface area (Å²) in [5, 5.41) is 5.12. The molecule has 1 amide bonds. The maximum absolute atomic E-state index is 13.8. The van der Waals surface area contributed by atoms with Crippen LogP contribution in [-0.2, 0) is 16.1 Å². The molecule has 1 aliphatic carbocycles. The van der Waals surface area contributed by atoms with Gasteiger partial charge in [-0.05, 0) is 0 Å². The molecule has 1 saturated heterocycles. The first-order valence-electron chi connectivity index (χ1n) is 18.2. The Hall–Kier alpha value is -2.46. The van der Waals surface area contributed by atoms with Crippen molar-refractivity contribution < 1.29 is 14.3 Å². The van der Waals surface area contributed by atoms with Crippen molar-refractivity contribution in [2.75, 3.05) is 26.7 Å². The van der Waals surface area contributed by atoms with E-state index in [9.17, 15) is 14.4 Å². The number of unbranched alkanes of at least 4 members (excludes halogenated alkanes) is 2. The zero-order valence-corrected chi connectivity index (χ0v) is 31.3. The second kappa shape index (κ2) is 15.8. The first-order chi connectivity index (χ1) is 22.9. The summed E-state index contributed by atoms with van der Waals surface area (Å²) < 4.78 is 10.1. The number of rotatable bonds is 8. The number of carbonyl (C=O) groups excluding carboxylic acids is 2. The van der Waals surface area contributed by atoms with E-state index < -0.39 is 21.1 Å². The van der Waals surface area contributed by atoms with Gasteiger partial charge in [0.15, 0.2) is 0 Å². The van der Waals surface area contributed by atoms with E-state index in [1.165, 1.54) is 29.3 Å². The fourth-order valence-electron chi connectivity index (χ4n) is 7.91. The van der Waals surface area contributed by atoms with Crippen molar-refractivity contribution in [2.45, 2.75) is 116 Å². The molecule has 9 aliphatic rings. The van der Waals surface area contributed by atoms with Gasteiger partial charge < -0.3 is 0 Å². The van der Waals surface area contributed by atoms with Crippen LogP contribution in [0, 0.1) is 11.3 Å². The number of ketones is 1. The van der Waals surface area contributed by atoms with Crippen LogP contribution in [0.1, 0.15) is 109 Å². The molecule has 1 aromatic carbocycles. The monoisotopic (exact) mass is 748 g/mol. The predicted octanol–water partition coefficient (Wildman–Crippen LogP) is 6.30. The van der Waals surface area contributed by atoms with Gasteiger partial charge in [0.05, 0.1) is 0 Å². The van der Waals surface area contributed by atoms with Crippen LogP contribution >= 0.6 is 0 Å². The van der Waals surface area contributed by atoms with Crippen molar-refractivity contribution in [3.63, 3.8) is 0 Å². The van der Waals surface area contributed by atoms with E-state index >= 15 is 0 Å². The number of aryl methyl sites for hydroxylation is 1. The predicted molar refractivity (Wildman–Crippen MR) is 190 cm³/mol. The summed E-state index contributed by atoms with van der Waals surface area (Å²) in [6.45, 7) is 6.06. The molecule has 9 heterocycles. The maximum atomic E-state index is 13.8. The molecule has 1 aromatic heterocycles. The zero-order chi connectivity index (χ0) is 32.8. The number of piperidine rings is 1. The molecule has 2 atom stereocenters. The summed E-state index contributed by atoms with van der Waals surface area (Å²) in [5.41, 5.74) is 1.25. The average molecular weight is 748 g/mol. The second-order valence-corrected chi connectivity index (χ2v) is 18.0. The van der Waals surface area contributed by atoms with Gasteiger partial charge >= 0.3 is 291 Å². The van der Waals surface area contributed by atoms with E-state index in [-0.39, 0.29) is 28.8 Å². The number of pyridine rings is 1. The van der Waals surface area contributed by atoms with Crippen molar-refractivity contribution in [1.82, 2.24) is 14.8 Å². The van der Waals surface area contributed by atoms with Gasteiger partial charge in [-0.3, -0.25) is 0 Å². The molecule has 2 radical (unpaired) electrons. The van der Waals surface area contributed by atoms with Gasteiger partial charge in [0, 0.05) is 0 Å². The number of aromatic nitrogens is 1. The summed E-state index contributed by atoms with van der Waals surface area (Å²) in [6, 6.07) is 6.02. The Morgan fingerprint density at radius 1 is 1.02 bits per heavy atom.